The van der Waals surface area contributed by atoms with E-state index in [-0.39, 0.29) is 5.56 Å². The zero-order valence-electron chi connectivity index (χ0n) is 15.5. The maximum atomic E-state index is 11.9. The number of aromatic nitrogens is 2. The van der Waals surface area contributed by atoms with E-state index in [0.717, 1.165) is 45.0 Å². The van der Waals surface area contributed by atoms with Crippen LogP contribution in [0.3, 0.4) is 0 Å². The van der Waals surface area contributed by atoms with Gasteiger partial charge in [-0.05, 0) is 25.1 Å². The van der Waals surface area contributed by atoms with Crippen LogP contribution in [0.25, 0.3) is 0 Å². The molecule has 1 fully saturated rings. The predicted molar refractivity (Wildman–Crippen MR) is 104 cm³/mol. The Kier molecular flexibility index (Phi) is 6.12. The van der Waals surface area contributed by atoms with Crippen LogP contribution < -0.4 is 20.5 Å². The van der Waals surface area contributed by atoms with Gasteiger partial charge in [0.2, 0.25) is 0 Å². The molecule has 2 aromatic rings. The molecular formula is C19H27N5O2. The molecule has 7 heteroatoms. The Morgan fingerprint density at radius 2 is 1.92 bits per heavy atom. The first kappa shape index (κ1) is 18.3. The molecule has 140 valence electrons. The molecule has 0 spiro atoms. The highest BCUT2D eigenvalue weighted by molar-refractivity contribution is 5.58. The van der Waals surface area contributed by atoms with Gasteiger partial charge in [-0.25, -0.2) is 4.68 Å². The highest BCUT2D eigenvalue weighted by Crippen LogP contribution is 2.28. The Morgan fingerprint density at radius 1 is 1.15 bits per heavy atom. The number of nitrogens with one attached hydrogen (secondary N) is 1. The lowest BCUT2D eigenvalue weighted by Gasteiger charge is -2.36. The van der Waals surface area contributed by atoms with Crippen molar-refractivity contribution in [3.8, 4) is 5.75 Å². The first-order chi connectivity index (χ1) is 12.7. The molecule has 2 heterocycles. The quantitative estimate of drug-likeness (QED) is 0.809. The average molecular weight is 357 g/mol. The summed E-state index contributed by atoms with van der Waals surface area (Å²) < 4.78 is 7.09. The predicted octanol–water partition coefficient (Wildman–Crippen LogP) is 1.41. The van der Waals surface area contributed by atoms with Crippen LogP contribution in [-0.2, 0) is 7.05 Å². The molecule has 0 amide bonds. The van der Waals surface area contributed by atoms with Gasteiger partial charge in [-0.15, -0.1) is 0 Å². The van der Waals surface area contributed by atoms with Crippen LogP contribution in [0, 0.1) is 0 Å². The molecule has 26 heavy (non-hydrogen) atoms. The molecule has 1 N–H and O–H groups in total. The first-order valence-corrected chi connectivity index (χ1v) is 9.14. The lowest BCUT2D eigenvalue weighted by Crippen LogP contribution is -2.47. The largest absolute Gasteiger partial charge is 0.492 e. The number of aryl methyl sites for hydroxylation is 1. The maximum Gasteiger partial charge on any atom is 0.289 e. The fourth-order valence-corrected chi connectivity index (χ4v) is 3.20. The van der Waals surface area contributed by atoms with Crippen LogP contribution in [0.15, 0.2) is 41.3 Å². The van der Waals surface area contributed by atoms with Crippen molar-refractivity contribution in [1.82, 2.24) is 14.7 Å². The van der Waals surface area contributed by atoms with Crippen LogP contribution in [0.1, 0.15) is 6.92 Å². The summed E-state index contributed by atoms with van der Waals surface area (Å²) in [6, 6.07) is 9.96. The van der Waals surface area contributed by atoms with Crippen molar-refractivity contribution in [3.63, 3.8) is 0 Å². The number of hydrogen-bond donors (Lipinski definition) is 1. The van der Waals surface area contributed by atoms with Crippen molar-refractivity contribution in [2.24, 2.45) is 7.05 Å². The van der Waals surface area contributed by atoms with E-state index in [1.165, 1.54) is 10.4 Å². The standard InChI is InChI=1S/C19H27N5O2/c1-3-26-18-7-5-4-6-17(18)24-14-12-23(13-15-24)11-10-20-16-8-9-21-22(2)19(16)25/h4-9,20H,3,10-15H2,1-2H3. The summed E-state index contributed by atoms with van der Waals surface area (Å²) in [5, 5.41) is 7.15. The molecule has 1 aromatic heterocycles. The van der Waals surface area contributed by atoms with Crippen molar-refractivity contribution in [2.75, 3.05) is 56.1 Å². The van der Waals surface area contributed by atoms with Crippen molar-refractivity contribution in [1.29, 1.82) is 0 Å². The Hall–Kier alpha value is -2.54. The lowest BCUT2D eigenvalue weighted by molar-refractivity contribution is 0.265. The van der Waals surface area contributed by atoms with Crippen molar-refractivity contribution < 1.29 is 4.74 Å². The van der Waals surface area contributed by atoms with Crippen LogP contribution in [0.4, 0.5) is 11.4 Å². The molecule has 0 atom stereocenters. The zero-order valence-corrected chi connectivity index (χ0v) is 15.5. The molecule has 0 saturated carbocycles. The highest BCUT2D eigenvalue weighted by Gasteiger charge is 2.19. The number of rotatable bonds is 7. The third-order valence-corrected chi connectivity index (χ3v) is 4.63. The third-order valence-electron chi connectivity index (χ3n) is 4.63. The minimum atomic E-state index is -0.0927. The Labute approximate surface area is 154 Å². The normalized spacial score (nSPS) is 15.1. The van der Waals surface area contributed by atoms with Gasteiger partial charge >= 0.3 is 0 Å². The SMILES string of the molecule is CCOc1ccccc1N1CCN(CCNc2ccnn(C)c2=O)CC1. The van der Waals surface area contributed by atoms with E-state index in [1.807, 2.05) is 19.1 Å². The molecule has 7 nitrogen and oxygen atoms in total. The molecule has 0 aliphatic carbocycles. The zero-order chi connectivity index (χ0) is 18.4. The first-order valence-electron chi connectivity index (χ1n) is 9.14. The molecule has 3 rings (SSSR count). The second-order valence-electron chi connectivity index (χ2n) is 6.33. The molecule has 1 saturated heterocycles. The van der Waals surface area contributed by atoms with E-state index in [4.69, 9.17) is 4.74 Å². The highest BCUT2D eigenvalue weighted by atomic mass is 16.5. The summed E-state index contributed by atoms with van der Waals surface area (Å²) in [6.45, 7) is 8.28. The van der Waals surface area contributed by atoms with E-state index >= 15 is 0 Å². The lowest BCUT2D eigenvalue weighted by atomic mass is 10.2. The Bertz CT molecular complexity index is 769. The summed E-state index contributed by atoms with van der Waals surface area (Å²) in [7, 11) is 1.66. The van der Waals surface area contributed by atoms with Crippen molar-refractivity contribution >= 4 is 11.4 Å². The summed E-state index contributed by atoms with van der Waals surface area (Å²) in [5.74, 6) is 0.957. The van der Waals surface area contributed by atoms with Gasteiger partial charge in [-0.3, -0.25) is 9.69 Å². The fraction of sp³-hybridized carbons (Fsp3) is 0.474. The summed E-state index contributed by atoms with van der Waals surface area (Å²) in [5.41, 5.74) is 1.68. The monoisotopic (exact) mass is 357 g/mol. The summed E-state index contributed by atoms with van der Waals surface area (Å²) in [4.78, 5) is 16.7. The van der Waals surface area contributed by atoms with E-state index in [9.17, 15) is 4.79 Å². The number of hydrogen-bond acceptors (Lipinski definition) is 6. The second kappa shape index (κ2) is 8.71. The van der Waals surface area contributed by atoms with Gasteiger partial charge < -0.3 is 15.0 Å². The summed E-state index contributed by atoms with van der Waals surface area (Å²) >= 11 is 0. The molecule has 0 unspecified atom stereocenters. The number of nitrogens with zero attached hydrogens (tertiary/aromatic N) is 4. The van der Waals surface area contributed by atoms with Crippen LogP contribution in [0.5, 0.6) is 5.75 Å². The van der Waals surface area contributed by atoms with E-state index in [0.29, 0.717) is 12.3 Å². The Morgan fingerprint density at radius 3 is 2.69 bits per heavy atom. The van der Waals surface area contributed by atoms with Gasteiger partial charge in [0, 0.05) is 52.5 Å². The number of para-hydroxylation sites is 2. The fourth-order valence-electron chi connectivity index (χ4n) is 3.20. The molecular weight excluding hydrogens is 330 g/mol. The average Bonchev–Trinajstić information content (AvgIpc) is 2.67. The van der Waals surface area contributed by atoms with Crippen molar-refractivity contribution in [3.05, 3.63) is 46.9 Å². The minimum absolute atomic E-state index is 0.0927. The molecule has 0 radical (unpaired) electrons. The topological polar surface area (TPSA) is 62.6 Å². The van der Waals surface area contributed by atoms with Gasteiger partial charge in [0.25, 0.3) is 5.56 Å². The van der Waals surface area contributed by atoms with Gasteiger partial charge in [-0.1, -0.05) is 12.1 Å². The molecule has 1 aliphatic heterocycles. The van der Waals surface area contributed by atoms with E-state index in [1.54, 1.807) is 19.3 Å². The van der Waals surface area contributed by atoms with E-state index in [2.05, 4.69) is 32.3 Å². The molecule has 0 bridgehead atoms. The molecule has 1 aliphatic rings. The van der Waals surface area contributed by atoms with Crippen molar-refractivity contribution in [2.45, 2.75) is 6.92 Å². The second-order valence-corrected chi connectivity index (χ2v) is 6.33. The van der Waals surface area contributed by atoms with Crippen LogP contribution >= 0.6 is 0 Å². The van der Waals surface area contributed by atoms with Gasteiger partial charge in [0.1, 0.15) is 11.4 Å². The van der Waals surface area contributed by atoms with E-state index < -0.39 is 0 Å². The van der Waals surface area contributed by atoms with Gasteiger partial charge in [0.05, 0.1) is 12.3 Å². The molecule has 1 aromatic carbocycles. The minimum Gasteiger partial charge on any atom is -0.492 e. The number of benzene rings is 1. The Balaban J connectivity index is 1.48. The third kappa shape index (κ3) is 4.35. The smallest absolute Gasteiger partial charge is 0.289 e. The van der Waals surface area contributed by atoms with Gasteiger partial charge in [-0.2, -0.15) is 5.10 Å². The van der Waals surface area contributed by atoms with Crippen LogP contribution in [0.2, 0.25) is 0 Å². The number of ether oxygens (including phenoxy) is 1. The number of anilines is 2. The van der Waals surface area contributed by atoms with Gasteiger partial charge in [0.15, 0.2) is 0 Å². The summed E-state index contributed by atoms with van der Waals surface area (Å²) in [6.07, 6.45) is 1.64. The maximum absolute atomic E-state index is 11.9. The number of piperazine rings is 1. The van der Waals surface area contributed by atoms with Crippen LogP contribution in [-0.4, -0.2) is 60.6 Å².